The van der Waals surface area contributed by atoms with Crippen molar-refractivity contribution in [1.29, 1.82) is 0 Å². The first-order chi connectivity index (χ1) is 9.11. The highest BCUT2D eigenvalue weighted by atomic mass is 32.2. The molecule has 2 aliphatic rings. The van der Waals surface area contributed by atoms with Crippen LogP contribution in [0.15, 0.2) is 0 Å². The second-order valence-corrected chi connectivity index (χ2v) is 8.95. The fourth-order valence-corrected chi connectivity index (χ4v) is 5.74. The summed E-state index contributed by atoms with van der Waals surface area (Å²) in [4.78, 5) is 0. The van der Waals surface area contributed by atoms with Gasteiger partial charge in [-0.1, -0.05) is 40.0 Å². The van der Waals surface area contributed by atoms with Crippen molar-refractivity contribution >= 4 is 11.8 Å². The van der Waals surface area contributed by atoms with E-state index in [1.807, 2.05) is 0 Å². The van der Waals surface area contributed by atoms with Crippen LogP contribution in [0.4, 0.5) is 0 Å². The van der Waals surface area contributed by atoms with Gasteiger partial charge in [-0.3, -0.25) is 0 Å². The van der Waals surface area contributed by atoms with Crippen molar-refractivity contribution in [2.75, 3.05) is 6.54 Å². The van der Waals surface area contributed by atoms with Gasteiger partial charge in [0.1, 0.15) is 0 Å². The van der Waals surface area contributed by atoms with Gasteiger partial charge in [0.2, 0.25) is 0 Å². The van der Waals surface area contributed by atoms with Crippen molar-refractivity contribution in [2.24, 2.45) is 5.41 Å². The van der Waals surface area contributed by atoms with Crippen molar-refractivity contribution in [3.8, 4) is 0 Å². The van der Waals surface area contributed by atoms with Crippen LogP contribution in [0.25, 0.3) is 0 Å². The normalized spacial score (nSPS) is 32.4. The monoisotopic (exact) mass is 283 g/mol. The summed E-state index contributed by atoms with van der Waals surface area (Å²) >= 11 is 2.34. The Morgan fingerprint density at radius 3 is 2.53 bits per heavy atom. The van der Waals surface area contributed by atoms with Gasteiger partial charge in [0, 0.05) is 16.5 Å². The average Bonchev–Trinajstić information content (AvgIpc) is 2.38. The van der Waals surface area contributed by atoms with Gasteiger partial charge in [0.25, 0.3) is 0 Å². The lowest BCUT2D eigenvalue weighted by molar-refractivity contribution is 0.213. The number of hydrogen-bond donors (Lipinski definition) is 1. The van der Waals surface area contributed by atoms with Gasteiger partial charge < -0.3 is 5.32 Å². The zero-order valence-corrected chi connectivity index (χ0v) is 14.0. The average molecular weight is 284 g/mol. The fourth-order valence-electron chi connectivity index (χ4n) is 3.68. The molecule has 0 bridgehead atoms. The summed E-state index contributed by atoms with van der Waals surface area (Å²) in [7, 11) is 0. The maximum atomic E-state index is 3.83. The first kappa shape index (κ1) is 15.7. The quantitative estimate of drug-likeness (QED) is 0.762. The maximum Gasteiger partial charge on any atom is 0.0209 e. The molecule has 0 aliphatic heterocycles. The van der Waals surface area contributed by atoms with Gasteiger partial charge in [0.15, 0.2) is 0 Å². The molecule has 0 radical (unpaired) electrons. The molecule has 2 heteroatoms. The predicted molar refractivity (Wildman–Crippen MR) is 88.0 cm³/mol. The van der Waals surface area contributed by atoms with Crippen LogP contribution >= 0.6 is 11.8 Å². The van der Waals surface area contributed by atoms with E-state index in [-0.39, 0.29) is 0 Å². The summed E-state index contributed by atoms with van der Waals surface area (Å²) in [5.74, 6) is 0. The smallest absolute Gasteiger partial charge is 0.0209 e. The third-order valence-electron chi connectivity index (χ3n) is 4.91. The molecule has 2 rings (SSSR count). The van der Waals surface area contributed by atoms with Crippen LogP contribution in [0.2, 0.25) is 0 Å². The molecule has 2 atom stereocenters. The zero-order valence-electron chi connectivity index (χ0n) is 13.2. The van der Waals surface area contributed by atoms with Crippen LogP contribution in [0.3, 0.4) is 0 Å². The van der Waals surface area contributed by atoms with Crippen molar-refractivity contribution in [3.63, 3.8) is 0 Å². The van der Waals surface area contributed by atoms with Gasteiger partial charge in [-0.2, -0.15) is 11.8 Å². The Kier molecular flexibility index (Phi) is 6.08. The second kappa shape index (κ2) is 7.36. The Labute approximate surface area is 124 Å². The van der Waals surface area contributed by atoms with Crippen LogP contribution in [0, 0.1) is 5.41 Å². The van der Waals surface area contributed by atoms with Crippen LogP contribution in [0.1, 0.15) is 78.6 Å². The maximum absolute atomic E-state index is 3.83. The van der Waals surface area contributed by atoms with Gasteiger partial charge >= 0.3 is 0 Å². The number of rotatable bonds is 5. The number of hydrogen-bond acceptors (Lipinski definition) is 2. The predicted octanol–water partition coefficient (Wildman–Crippen LogP) is 5.00. The van der Waals surface area contributed by atoms with Gasteiger partial charge in [-0.15, -0.1) is 0 Å². The molecule has 2 saturated carbocycles. The summed E-state index contributed by atoms with van der Waals surface area (Å²) in [5.41, 5.74) is 0.566. The van der Waals surface area contributed by atoms with Crippen LogP contribution in [-0.2, 0) is 0 Å². The fraction of sp³-hybridized carbons (Fsp3) is 1.00. The highest BCUT2D eigenvalue weighted by Gasteiger charge is 2.36. The molecule has 0 heterocycles. The highest BCUT2D eigenvalue weighted by molar-refractivity contribution is 8.00. The summed E-state index contributed by atoms with van der Waals surface area (Å²) in [6, 6.07) is 0.778. The summed E-state index contributed by atoms with van der Waals surface area (Å²) in [6.07, 6.45) is 12.8. The van der Waals surface area contributed by atoms with E-state index in [4.69, 9.17) is 0 Å². The van der Waals surface area contributed by atoms with E-state index in [0.717, 1.165) is 16.5 Å². The molecule has 112 valence electrons. The van der Waals surface area contributed by atoms with E-state index in [0.29, 0.717) is 5.41 Å². The summed E-state index contributed by atoms with van der Waals surface area (Å²) < 4.78 is 0. The molecule has 2 unspecified atom stereocenters. The van der Waals surface area contributed by atoms with Crippen molar-refractivity contribution in [3.05, 3.63) is 0 Å². The largest absolute Gasteiger partial charge is 0.313 e. The molecular formula is C17H33NS. The van der Waals surface area contributed by atoms with Crippen LogP contribution in [0.5, 0.6) is 0 Å². The molecule has 1 nitrogen and oxygen atoms in total. The minimum atomic E-state index is 0.566. The minimum Gasteiger partial charge on any atom is -0.313 e. The SMILES string of the molecule is CCCNC1CCC(C)(C)CC1SC1CCCCC1. The van der Waals surface area contributed by atoms with Crippen molar-refractivity contribution < 1.29 is 0 Å². The van der Waals surface area contributed by atoms with E-state index >= 15 is 0 Å². The zero-order chi connectivity index (χ0) is 13.7. The van der Waals surface area contributed by atoms with Crippen molar-refractivity contribution in [2.45, 2.75) is 95.1 Å². The third kappa shape index (κ3) is 4.97. The molecule has 0 aromatic carbocycles. The van der Waals surface area contributed by atoms with E-state index < -0.39 is 0 Å². The Bertz CT molecular complexity index is 258. The van der Waals surface area contributed by atoms with E-state index in [1.54, 1.807) is 0 Å². The van der Waals surface area contributed by atoms with Crippen molar-refractivity contribution in [1.82, 2.24) is 5.32 Å². The topological polar surface area (TPSA) is 12.0 Å². The molecule has 0 aromatic rings. The third-order valence-corrected chi connectivity index (χ3v) is 6.61. The Morgan fingerprint density at radius 1 is 1.11 bits per heavy atom. The first-order valence-corrected chi connectivity index (χ1v) is 9.44. The van der Waals surface area contributed by atoms with E-state index in [9.17, 15) is 0 Å². The highest BCUT2D eigenvalue weighted by Crippen LogP contribution is 2.43. The van der Waals surface area contributed by atoms with Crippen LogP contribution < -0.4 is 5.32 Å². The van der Waals surface area contributed by atoms with Gasteiger partial charge in [0.05, 0.1) is 0 Å². The lowest BCUT2D eigenvalue weighted by Gasteiger charge is -2.42. The molecule has 2 aliphatic carbocycles. The summed E-state index contributed by atoms with van der Waals surface area (Å²) in [5, 5.41) is 5.64. The molecule has 0 aromatic heterocycles. The minimum absolute atomic E-state index is 0.566. The molecule has 19 heavy (non-hydrogen) atoms. The Morgan fingerprint density at radius 2 is 1.84 bits per heavy atom. The second-order valence-electron chi connectivity index (χ2n) is 7.40. The Balaban J connectivity index is 1.89. The summed E-state index contributed by atoms with van der Waals surface area (Å²) in [6.45, 7) is 8.42. The lowest BCUT2D eigenvalue weighted by Crippen LogP contribution is -2.45. The molecule has 2 fully saturated rings. The first-order valence-electron chi connectivity index (χ1n) is 8.49. The number of nitrogens with one attached hydrogen (secondary N) is 1. The number of thioether (sulfide) groups is 1. The van der Waals surface area contributed by atoms with Gasteiger partial charge in [-0.05, 0) is 50.5 Å². The molecule has 0 spiro atoms. The van der Waals surface area contributed by atoms with E-state index in [1.165, 1.54) is 64.3 Å². The van der Waals surface area contributed by atoms with E-state index in [2.05, 4.69) is 37.8 Å². The molecule has 0 amide bonds. The lowest BCUT2D eigenvalue weighted by atomic mass is 9.75. The van der Waals surface area contributed by atoms with Crippen LogP contribution in [-0.4, -0.2) is 23.1 Å². The molecular weight excluding hydrogens is 250 g/mol. The molecule has 1 N–H and O–H groups in total. The standard InChI is InChI=1S/C17H33NS/c1-4-12-18-15-10-11-17(2,3)13-16(15)19-14-8-6-5-7-9-14/h14-16,18H,4-13H2,1-3H3. The van der Waals surface area contributed by atoms with Gasteiger partial charge in [-0.25, -0.2) is 0 Å². The molecule has 0 saturated heterocycles. The Hall–Kier alpha value is 0.310.